The maximum Gasteiger partial charge on any atom is 0.276 e. The minimum absolute atomic E-state index is 0.0341. The minimum atomic E-state index is -0.425. The molecule has 1 aromatic carbocycles. The molecule has 4 heterocycles. The third-order valence-corrected chi connectivity index (χ3v) is 7.29. The first-order valence-electron chi connectivity index (χ1n) is 10.6. The monoisotopic (exact) mass is 449 g/mol. The molecule has 1 aliphatic heterocycles. The van der Waals surface area contributed by atoms with Gasteiger partial charge < -0.3 is 15.2 Å². The van der Waals surface area contributed by atoms with E-state index in [-0.39, 0.29) is 11.9 Å². The summed E-state index contributed by atoms with van der Waals surface area (Å²) in [5.74, 6) is 0.0387. The molecule has 0 unspecified atom stereocenters. The summed E-state index contributed by atoms with van der Waals surface area (Å²) in [6, 6.07) is 9.72. The number of likely N-dealkylation sites (tertiary alicyclic amines) is 1. The van der Waals surface area contributed by atoms with Gasteiger partial charge in [0.15, 0.2) is 5.69 Å². The highest BCUT2D eigenvalue weighted by Gasteiger charge is 2.34. The van der Waals surface area contributed by atoms with E-state index in [1.165, 1.54) is 11.3 Å². The van der Waals surface area contributed by atoms with Gasteiger partial charge in [-0.2, -0.15) is 5.10 Å². The van der Waals surface area contributed by atoms with E-state index in [1.54, 1.807) is 17.8 Å². The molecule has 164 valence electrons. The lowest BCUT2D eigenvalue weighted by atomic mass is 10.00. The van der Waals surface area contributed by atoms with Crippen molar-refractivity contribution < 1.29 is 14.1 Å². The van der Waals surface area contributed by atoms with Crippen molar-refractivity contribution >= 4 is 33.2 Å². The SMILES string of the molecule is Cc1onc(C(=O)N2CCC[C@@H]2Cc2c(C(N)=O)sc3ccccc23)c1Cn1cccn1. The third-order valence-electron chi connectivity index (χ3n) is 6.07. The Morgan fingerprint density at radius 3 is 2.88 bits per heavy atom. The van der Waals surface area contributed by atoms with Crippen LogP contribution in [0.3, 0.4) is 0 Å². The molecular formula is C23H23N5O3S. The Balaban J connectivity index is 1.44. The smallest absolute Gasteiger partial charge is 0.276 e. The number of nitrogens with zero attached hydrogens (tertiary/aromatic N) is 4. The summed E-state index contributed by atoms with van der Waals surface area (Å²) in [4.78, 5) is 28.1. The highest BCUT2D eigenvalue weighted by molar-refractivity contribution is 7.21. The van der Waals surface area contributed by atoms with Gasteiger partial charge in [-0.3, -0.25) is 14.3 Å². The van der Waals surface area contributed by atoms with Gasteiger partial charge in [-0.05, 0) is 49.3 Å². The fraction of sp³-hybridized carbons (Fsp3) is 0.304. The van der Waals surface area contributed by atoms with Crippen LogP contribution in [0.15, 0.2) is 47.2 Å². The van der Waals surface area contributed by atoms with Gasteiger partial charge in [-0.1, -0.05) is 23.4 Å². The molecule has 0 saturated carbocycles. The molecule has 9 heteroatoms. The zero-order valence-corrected chi connectivity index (χ0v) is 18.5. The van der Waals surface area contributed by atoms with Gasteiger partial charge in [-0.25, -0.2) is 0 Å². The topological polar surface area (TPSA) is 107 Å². The Morgan fingerprint density at radius 1 is 1.25 bits per heavy atom. The van der Waals surface area contributed by atoms with Crippen LogP contribution in [0.5, 0.6) is 0 Å². The van der Waals surface area contributed by atoms with E-state index in [0.29, 0.717) is 35.8 Å². The average molecular weight is 450 g/mol. The number of hydrogen-bond donors (Lipinski definition) is 1. The van der Waals surface area contributed by atoms with E-state index in [0.717, 1.165) is 34.1 Å². The largest absolute Gasteiger partial charge is 0.365 e. The molecule has 0 radical (unpaired) electrons. The molecule has 3 aromatic heterocycles. The van der Waals surface area contributed by atoms with Crippen LogP contribution < -0.4 is 5.73 Å². The van der Waals surface area contributed by atoms with E-state index in [2.05, 4.69) is 10.3 Å². The van der Waals surface area contributed by atoms with E-state index in [9.17, 15) is 9.59 Å². The van der Waals surface area contributed by atoms with Crippen molar-refractivity contribution in [3.8, 4) is 0 Å². The molecule has 5 rings (SSSR count). The Morgan fingerprint density at radius 2 is 2.09 bits per heavy atom. The molecule has 1 saturated heterocycles. The molecule has 4 aromatic rings. The molecule has 2 N–H and O–H groups in total. The Bertz CT molecular complexity index is 1290. The number of thiophene rings is 1. The zero-order valence-electron chi connectivity index (χ0n) is 17.7. The van der Waals surface area contributed by atoms with E-state index >= 15 is 0 Å². The maximum absolute atomic E-state index is 13.5. The van der Waals surface area contributed by atoms with Gasteiger partial charge in [-0.15, -0.1) is 11.3 Å². The highest BCUT2D eigenvalue weighted by Crippen LogP contribution is 2.34. The van der Waals surface area contributed by atoms with Gasteiger partial charge in [0, 0.05) is 35.2 Å². The summed E-state index contributed by atoms with van der Waals surface area (Å²) in [5.41, 5.74) is 7.68. The number of aryl methyl sites for hydroxylation is 1. The standard InChI is InChI=1S/C23H23N5O3S/c1-14-18(13-27-10-5-9-25-27)20(26-31-14)23(30)28-11-4-6-15(28)12-17-16-7-2-3-8-19(16)32-21(17)22(24)29/h2-3,5,7-10,15H,4,6,11-13H2,1H3,(H2,24,29)/t15-/m1/s1. The van der Waals surface area contributed by atoms with Crippen LogP contribution in [0.25, 0.3) is 10.1 Å². The second kappa shape index (κ2) is 8.23. The number of primary amides is 1. The van der Waals surface area contributed by atoms with E-state index in [4.69, 9.17) is 10.3 Å². The Kier molecular flexibility index (Phi) is 5.26. The molecular weight excluding hydrogens is 426 g/mol. The van der Waals surface area contributed by atoms with Crippen LogP contribution in [-0.2, 0) is 13.0 Å². The van der Waals surface area contributed by atoms with Crippen molar-refractivity contribution in [2.45, 2.75) is 38.8 Å². The third kappa shape index (κ3) is 3.58. The summed E-state index contributed by atoms with van der Waals surface area (Å²) in [6.07, 6.45) is 5.88. The van der Waals surface area contributed by atoms with Crippen molar-refractivity contribution in [3.05, 3.63) is 70.2 Å². The lowest BCUT2D eigenvalue weighted by Gasteiger charge is -2.24. The summed E-state index contributed by atoms with van der Waals surface area (Å²) >= 11 is 1.41. The second-order valence-corrected chi connectivity index (χ2v) is 9.09. The summed E-state index contributed by atoms with van der Waals surface area (Å²) < 4.78 is 8.15. The lowest BCUT2D eigenvalue weighted by molar-refractivity contribution is 0.0725. The van der Waals surface area contributed by atoms with Crippen LogP contribution in [0, 0.1) is 6.92 Å². The number of nitrogens with two attached hydrogens (primary N) is 1. The number of aromatic nitrogens is 3. The molecule has 2 amide bonds. The first-order valence-corrected chi connectivity index (χ1v) is 11.4. The van der Waals surface area contributed by atoms with Gasteiger partial charge in [0.1, 0.15) is 5.76 Å². The molecule has 0 bridgehead atoms. The van der Waals surface area contributed by atoms with E-state index < -0.39 is 5.91 Å². The molecule has 0 aliphatic carbocycles. The molecule has 8 nitrogen and oxygen atoms in total. The van der Waals surface area contributed by atoms with Crippen LogP contribution in [0.4, 0.5) is 0 Å². The molecule has 0 spiro atoms. The Hall–Kier alpha value is -3.46. The minimum Gasteiger partial charge on any atom is -0.365 e. The quantitative estimate of drug-likeness (QED) is 0.486. The lowest BCUT2D eigenvalue weighted by Crippen LogP contribution is -2.37. The number of carbonyl (C=O) groups excluding carboxylic acids is 2. The average Bonchev–Trinajstić information content (AvgIpc) is 3.57. The molecule has 1 aliphatic rings. The molecule has 1 atom stereocenters. The zero-order chi connectivity index (χ0) is 22.2. The van der Waals surface area contributed by atoms with Crippen molar-refractivity contribution in [2.75, 3.05) is 6.54 Å². The number of hydrogen-bond acceptors (Lipinski definition) is 6. The number of rotatable bonds is 6. The summed E-state index contributed by atoms with van der Waals surface area (Å²) in [7, 11) is 0. The van der Waals surface area contributed by atoms with Crippen molar-refractivity contribution in [1.29, 1.82) is 0 Å². The van der Waals surface area contributed by atoms with Crippen LogP contribution in [0.2, 0.25) is 0 Å². The molecule has 1 fully saturated rings. The fourth-order valence-electron chi connectivity index (χ4n) is 4.49. The summed E-state index contributed by atoms with van der Waals surface area (Å²) in [6.45, 7) is 2.87. The van der Waals surface area contributed by atoms with Crippen molar-refractivity contribution in [2.24, 2.45) is 5.73 Å². The first-order chi connectivity index (χ1) is 15.5. The van der Waals surface area contributed by atoms with Crippen LogP contribution >= 0.6 is 11.3 Å². The van der Waals surface area contributed by atoms with Gasteiger partial charge in [0.2, 0.25) is 0 Å². The van der Waals surface area contributed by atoms with Gasteiger partial charge in [0.05, 0.1) is 11.4 Å². The highest BCUT2D eigenvalue weighted by atomic mass is 32.1. The fourth-order valence-corrected chi connectivity index (χ4v) is 5.57. The number of amides is 2. The van der Waals surface area contributed by atoms with E-state index in [1.807, 2.05) is 41.4 Å². The number of carbonyl (C=O) groups is 2. The predicted molar refractivity (Wildman–Crippen MR) is 121 cm³/mol. The van der Waals surface area contributed by atoms with Crippen molar-refractivity contribution in [3.63, 3.8) is 0 Å². The normalized spacial score (nSPS) is 16.2. The number of fused-ring (bicyclic) bond motifs is 1. The van der Waals surface area contributed by atoms with Gasteiger partial charge in [0.25, 0.3) is 11.8 Å². The van der Waals surface area contributed by atoms with Gasteiger partial charge >= 0.3 is 0 Å². The van der Waals surface area contributed by atoms with Crippen molar-refractivity contribution in [1.82, 2.24) is 19.8 Å². The van der Waals surface area contributed by atoms with Crippen LogP contribution in [0.1, 0.15) is 49.9 Å². The first kappa shape index (κ1) is 20.4. The molecule has 32 heavy (non-hydrogen) atoms. The predicted octanol–water partition coefficient (Wildman–Crippen LogP) is 3.39. The maximum atomic E-state index is 13.5. The van der Waals surface area contributed by atoms with Crippen LogP contribution in [-0.4, -0.2) is 44.2 Å². The number of benzene rings is 1. The second-order valence-electron chi connectivity index (χ2n) is 8.04. The Labute approximate surface area is 188 Å². The summed E-state index contributed by atoms with van der Waals surface area (Å²) in [5, 5.41) is 9.35.